The summed E-state index contributed by atoms with van der Waals surface area (Å²) in [6, 6.07) is 8.87. The smallest absolute Gasteiger partial charge is 0.119 e. The van der Waals surface area contributed by atoms with Crippen LogP contribution in [0.15, 0.2) is 35.2 Å². The number of aromatic hydroxyl groups is 2. The van der Waals surface area contributed by atoms with Gasteiger partial charge in [0.05, 0.1) is 0 Å². The minimum Gasteiger partial charge on any atom is -0.508 e. The van der Waals surface area contributed by atoms with E-state index in [9.17, 15) is 10.2 Å². The first-order valence-corrected chi connectivity index (χ1v) is 22.2. The van der Waals surface area contributed by atoms with Crippen LogP contribution in [0.1, 0.15) is 137 Å². The number of benzene rings is 2. The highest BCUT2D eigenvalue weighted by Crippen LogP contribution is 2.64. The molecule has 0 aliphatic heterocycles. The van der Waals surface area contributed by atoms with Gasteiger partial charge in [0.25, 0.3) is 0 Å². The highest BCUT2D eigenvalue weighted by molar-refractivity contribution is 8.01. The molecular formula is C44H62O2S2. The maximum absolute atomic E-state index is 10.2. The number of phenols is 2. The summed E-state index contributed by atoms with van der Waals surface area (Å²) in [6.45, 7) is 9.47. The van der Waals surface area contributed by atoms with Gasteiger partial charge in [-0.25, -0.2) is 0 Å². The van der Waals surface area contributed by atoms with E-state index in [1.165, 1.54) is 87.5 Å². The van der Waals surface area contributed by atoms with E-state index in [-0.39, 0.29) is 0 Å². The Balaban J connectivity index is 0.000000152. The van der Waals surface area contributed by atoms with Crippen LogP contribution in [-0.2, 0) is 25.7 Å². The molecule has 8 rings (SSSR count). The zero-order chi connectivity index (χ0) is 33.8. The van der Waals surface area contributed by atoms with E-state index in [4.69, 9.17) is 0 Å². The summed E-state index contributed by atoms with van der Waals surface area (Å²) in [6.07, 6.45) is 22.4. The molecule has 0 aromatic heterocycles. The fourth-order valence-electron chi connectivity index (χ4n) is 12.6. The number of thioether (sulfide) groups is 2. The molecule has 2 nitrogen and oxygen atoms in total. The van der Waals surface area contributed by atoms with Gasteiger partial charge in [-0.3, -0.25) is 0 Å². The van der Waals surface area contributed by atoms with Gasteiger partial charge in [0.2, 0.25) is 0 Å². The van der Waals surface area contributed by atoms with E-state index in [0.29, 0.717) is 22.3 Å². The van der Waals surface area contributed by atoms with E-state index in [0.717, 1.165) is 71.8 Å². The van der Waals surface area contributed by atoms with Crippen molar-refractivity contribution in [2.75, 3.05) is 18.3 Å². The second-order valence-electron chi connectivity index (χ2n) is 17.0. The summed E-state index contributed by atoms with van der Waals surface area (Å²) < 4.78 is 0. The van der Waals surface area contributed by atoms with Crippen molar-refractivity contribution in [3.63, 3.8) is 0 Å². The van der Waals surface area contributed by atoms with Gasteiger partial charge in [0.15, 0.2) is 0 Å². The van der Waals surface area contributed by atoms with E-state index in [1.54, 1.807) is 16.7 Å². The lowest BCUT2D eigenvalue weighted by atomic mass is 9.54. The molecule has 6 aliphatic rings. The molecule has 0 spiro atoms. The summed E-state index contributed by atoms with van der Waals surface area (Å²) in [5.41, 5.74) is 11.1. The lowest BCUT2D eigenvalue weighted by Crippen LogP contribution is -2.42. The van der Waals surface area contributed by atoms with Crippen molar-refractivity contribution >= 4 is 23.5 Å². The molecule has 9 atom stereocenters. The molecule has 0 saturated heterocycles. The Morgan fingerprint density at radius 2 is 1.29 bits per heavy atom. The van der Waals surface area contributed by atoms with Crippen molar-refractivity contribution in [2.45, 2.75) is 129 Å². The first kappa shape index (κ1) is 34.9. The van der Waals surface area contributed by atoms with Crippen LogP contribution in [0.5, 0.6) is 11.5 Å². The van der Waals surface area contributed by atoms with E-state index in [2.05, 4.69) is 69.9 Å². The SMILES string of the molecule is CCc1cc2c(cc1O)CCC1C2CC[C@@]2(C)C1CC[C@@H]2CSC.CCc1cc2c(cc1O)CCC1C2CC[C@]2(C)C(=CSC)CCC12. The summed E-state index contributed by atoms with van der Waals surface area (Å²) in [7, 11) is 0. The van der Waals surface area contributed by atoms with Crippen LogP contribution in [0.25, 0.3) is 0 Å². The van der Waals surface area contributed by atoms with Gasteiger partial charge in [0.1, 0.15) is 11.5 Å². The van der Waals surface area contributed by atoms with Crippen LogP contribution in [-0.4, -0.2) is 28.5 Å². The van der Waals surface area contributed by atoms with Gasteiger partial charge in [-0.2, -0.15) is 11.8 Å². The van der Waals surface area contributed by atoms with Gasteiger partial charge in [0, 0.05) is 0 Å². The zero-order valence-electron chi connectivity index (χ0n) is 30.7. The Kier molecular flexibility index (Phi) is 10.1. The predicted molar refractivity (Wildman–Crippen MR) is 208 cm³/mol. The van der Waals surface area contributed by atoms with Crippen molar-refractivity contribution in [2.24, 2.45) is 40.4 Å². The lowest BCUT2D eigenvalue weighted by Gasteiger charge is -2.51. The van der Waals surface area contributed by atoms with Crippen molar-refractivity contribution in [1.29, 1.82) is 0 Å². The van der Waals surface area contributed by atoms with Gasteiger partial charge < -0.3 is 10.2 Å². The summed E-state index contributed by atoms with van der Waals surface area (Å²) in [5.74, 6) is 8.34. The molecule has 4 fully saturated rings. The molecule has 2 aromatic rings. The average Bonchev–Trinajstić information content (AvgIpc) is 3.60. The molecule has 4 saturated carbocycles. The number of rotatable bonds is 5. The molecule has 6 unspecified atom stereocenters. The minimum atomic E-state index is 0.451. The van der Waals surface area contributed by atoms with Crippen LogP contribution < -0.4 is 0 Å². The topological polar surface area (TPSA) is 40.5 Å². The highest BCUT2D eigenvalue weighted by Gasteiger charge is 2.55. The molecule has 0 amide bonds. The van der Waals surface area contributed by atoms with Crippen LogP contribution in [0, 0.1) is 40.4 Å². The Bertz CT molecular complexity index is 1530. The van der Waals surface area contributed by atoms with Gasteiger partial charge in [-0.05, 0) is 211 Å². The number of phenolic OH excluding ortho intramolecular Hbond substituents is 2. The normalized spacial score (nSPS) is 37.0. The molecule has 0 radical (unpaired) electrons. The van der Waals surface area contributed by atoms with Gasteiger partial charge in [-0.1, -0.05) is 45.4 Å². The van der Waals surface area contributed by atoms with Crippen molar-refractivity contribution in [3.8, 4) is 11.5 Å². The summed E-state index contributed by atoms with van der Waals surface area (Å²) >= 11 is 3.94. The molecule has 2 aromatic carbocycles. The number of aryl methyl sites for hydroxylation is 4. The quantitative estimate of drug-likeness (QED) is 0.328. The lowest BCUT2D eigenvalue weighted by molar-refractivity contribution is 0.0349. The molecular weight excluding hydrogens is 625 g/mol. The van der Waals surface area contributed by atoms with Crippen molar-refractivity contribution in [1.82, 2.24) is 0 Å². The second-order valence-corrected chi connectivity index (χ2v) is 18.7. The molecule has 0 heterocycles. The number of fused-ring (bicyclic) bond motifs is 10. The third-order valence-electron chi connectivity index (χ3n) is 15.3. The largest absolute Gasteiger partial charge is 0.508 e. The van der Waals surface area contributed by atoms with E-state index >= 15 is 0 Å². The molecule has 0 bridgehead atoms. The molecule has 262 valence electrons. The Morgan fingerprint density at radius 3 is 1.85 bits per heavy atom. The Hall–Kier alpha value is -1.52. The molecule has 4 heteroatoms. The zero-order valence-corrected chi connectivity index (χ0v) is 32.4. The fraction of sp³-hybridized carbons (Fsp3) is 0.682. The van der Waals surface area contributed by atoms with Crippen LogP contribution >= 0.6 is 23.5 Å². The maximum atomic E-state index is 10.2. The Morgan fingerprint density at radius 1 is 0.708 bits per heavy atom. The van der Waals surface area contributed by atoms with E-state index in [1.807, 2.05) is 23.5 Å². The summed E-state index contributed by atoms with van der Waals surface area (Å²) in [4.78, 5) is 0. The molecule has 6 aliphatic carbocycles. The Labute approximate surface area is 300 Å². The summed E-state index contributed by atoms with van der Waals surface area (Å²) in [5, 5.41) is 22.9. The molecule has 48 heavy (non-hydrogen) atoms. The fourth-order valence-corrected chi connectivity index (χ4v) is 14.3. The van der Waals surface area contributed by atoms with Crippen molar-refractivity contribution in [3.05, 3.63) is 68.6 Å². The monoisotopic (exact) mass is 686 g/mol. The standard InChI is InChI=1S/C22H32OS.C22H30OS/c2*1-4-14-11-19-15(12-21(14)23)5-7-18-17(19)9-10-22(2)16(13-24-3)6-8-20(18)22/h11-12,16-18,20,23H,4-10,13H2,1-3H3;11-13,17-18,20,23H,4-10H2,1-3H3/t16-,17?,18?,20?,22-;17?,18?,20?,22-/m11/s1. The third kappa shape index (κ3) is 5.79. The number of allylic oxidation sites excluding steroid dienone is 1. The number of hydrogen-bond acceptors (Lipinski definition) is 4. The first-order chi connectivity index (χ1) is 23.2. The van der Waals surface area contributed by atoms with Crippen LogP contribution in [0.3, 0.4) is 0 Å². The number of hydrogen-bond donors (Lipinski definition) is 2. The average molecular weight is 687 g/mol. The highest BCUT2D eigenvalue weighted by atomic mass is 32.2. The minimum absolute atomic E-state index is 0.451. The third-order valence-corrected chi connectivity index (χ3v) is 16.5. The first-order valence-electron chi connectivity index (χ1n) is 19.6. The van der Waals surface area contributed by atoms with Crippen molar-refractivity contribution < 1.29 is 10.2 Å². The maximum Gasteiger partial charge on any atom is 0.119 e. The van der Waals surface area contributed by atoms with Crippen LogP contribution in [0.2, 0.25) is 0 Å². The second kappa shape index (κ2) is 13.9. The predicted octanol–water partition coefficient (Wildman–Crippen LogP) is 11.8. The van der Waals surface area contributed by atoms with Crippen LogP contribution in [0.4, 0.5) is 0 Å². The molecule has 2 N–H and O–H groups in total. The van der Waals surface area contributed by atoms with E-state index < -0.39 is 0 Å². The van der Waals surface area contributed by atoms with Gasteiger partial charge >= 0.3 is 0 Å². The van der Waals surface area contributed by atoms with Gasteiger partial charge in [-0.15, -0.1) is 11.8 Å².